The number of nitrogens with one attached hydrogen (secondary N) is 2. The zero-order valence-corrected chi connectivity index (χ0v) is 18.5. The summed E-state index contributed by atoms with van der Waals surface area (Å²) in [4.78, 5) is 25.1. The molecule has 30 heavy (non-hydrogen) atoms. The number of fused-ring (bicyclic) bond motifs is 1. The summed E-state index contributed by atoms with van der Waals surface area (Å²) in [5.74, 6) is -0.659. The molecule has 2 aromatic rings. The van der Waals surface area contributed by atoms with Crippen LogP contribution in [0.3, 0.4) is 0 Å². The molecule has 0 radical (unpaired) electrons. The molecule has 6 nitrogen and oxygen atoms in total. The second kappa shape index (κ2) is 10.1. The minimum atomic E-state index is -3.62. The first-order valence-electron chi connectivity index (χ1n) is 10.0. The van der Waals surface area contributed by atoms with E-state index < -0.39 is 9.84 Å². The van der Waals surface area contributed by atoms with E-state index in [1.807, 2.05) is 37.3 Å². The van der Waals surface area contributed by atoms with E-state index in [0.717, 1.165) is 17.7 Å². The van der Waals surface area contributed by atoms with Crippen LogP contribution in [0.2, 0.25) is 0 Å². The predicted octanol–water partition coefficient (Wildman–Crippen LogP) is 3.42. The summed E-state index contributed by atoms with van der Waals surface area (Å²) < 4.78 is 25.3. The predicted molar refractivity (Wildman–Crippen MR) is 119 cm³/mol. The van der Waals surface area contributed by atoms with E-state index in [1.165, 1.54) is 23.4 Å². The molecule has 0 saturated heterocycles. The summed E-state index contributed by atoms with van der Waals surface area (Å²) in [5, 5.41) is 5.40. The fourth-order valence-electron chi connectivity index (χ4n) is 3.19. The molecule has 0 spiro atoms. The van der Waals surface area contributed by atoms with Gasteiger partial charge in [0, 0.05) is 17.9 Å². The van der Waals surface area contributed by atoms with Crippen molar-refractivity contribution in [2.45, 2.75) is 47.6 Å². The third-order valence-electron chi connectivity index (χ3n) is 4.91. The fraction of sp³-hybridized carbons (Fsp3) is 0.364. The van der Waals surface area contributed by atoms with E-state index in [0.29, 0.717) is 18.7 Å². The van der Waals surface area contributed by atoms with E-state index in [9.17, 15) is 18.0 Å². The van der Waals surface area contributed by atoms with Crippen molar-refractivity contribution in [2.24, 2.45) is 0 Å². The van der Waals surface area contributed by atoms with Crippen LogP contribution in [0.1, 0.15) is 31.7 Å². The van der Waals surface area contributed by atoms with Gasteiger partial charge in [-0.1, -0.05) is 37.3 Å². The largest absolute Gasteiger partial charge is 0.356 e. The number of amides is 2. The maximum absolute atomic E-state index is 12.6. The lowest BCUT2D eigenvalue weighted by molar-refractivity contribution is -0.120. The number of sulfone groups is 1. The molecule has 0 fully saturated rings. The van der Waals surface area contributed by atoms with Crippen molar-refractivity contribution in [1.29, 1.82) is 0 Å². The minimum Gasteiger partial charge on any atom is -0.356 e. The van der Waals surface area contributed by atoms with E-state index in [-0.39, 0.29) is 34.1 Å². The Hall–Kier alpha value is -2.32. The smallest absolute Gasteiger partial charge is 0.237 e. The van der Waals surface area contributed by atoms with Gasteiger partial charge in [0.1, 0.15) is 0 Å². The quantitative estimate of drug-likeness (QED) is 0.576. The molecule has 0 unspecified atom stereocenters. The highest BCUT2D eigenvalue weighted by molar-refractivity contribution is 8.01. The number of hydrogen-bond acceptors (Lipinski definition) is 5. The molecule has 1 aliphatic heterocycles. The Labute approximate surface area is 181 Å². The van der Waals surface area contributed by atoms with Crippen LogP contribution in [-0.2, 0) is 25.8 Å². The summed E-state index contributed by atoms with van der Waals surface area (Å²) >= 11 is 1.44. The normalized spacial score (nSPS) is 15.9. The van der Waals surface area contributed by atoms with Gasteiger partial charge in [0.25, 0.3) is 0 Å². The van der Waals surface area contributed by atoms with Crippen LogP contribution in [0.25, 0.3) is 0 Å². The van der Waals surface area contributed by atoms with Crippen molar-refractivity contribution in [3.05, 3.63) is 54.1 Å². The maximum atomic E-state index is 12.6. The van der Waals surface area contributed by atoms with Crippen LogP contribution in [0.4, 0.5) is 5.69 Å². The third kappa shape index (κ3) is 5.86. The molecule has 2 aromatic carbocycles. The molecule has 0 aliphatic carbocycles. The van der Waals surface area contributed by atoms with Crippen molar-refractivity contribution in [1.82, 2.24) is 5.32 Å². The minimum absolute atomic E-state index is 0.0935. The summed E-state index contributed by atoms with van der Waals surface area (Å²) in [6, 6.07) is 14.7. The molecule has 1 atom stereocenters. The highest BCUT2D eigenvalue weighted by Crippen LogP contribution is 2.38. The molecular weight excluding hydrogens is 420 g/mol. The topological polar surface area (TPSA) is 92.3 Å². The summed E-state index contributed by atoms with van der Waals surface area (Å²) in [6.07, 6.45) is 2.26. The lowest BCUT2D eigenvalue weighted by Gasteiger charge is -2.23. The van der Waals surface area contributed by atoms with Crippen LogP contribution < -0.4 is 10.6 Å². The molecule has 2 N–H and O–H groups in total. The van der Waals surface area contributed by atoms with Crippen LogP contribution >= 0.6 is 11.8 Å². The summed E-state index contributed by atoms with van der Waals surface area (Å²) in [7, 11) is -3.62. The molecule has 1 heterocycles. The van der Waals surface area contributed by atoms with Gasteiger partial charge >= 0.3 is 0 Å². The fourth-order valence-corrected chi connectivity index (χ4v) is 5.48. The van der Waals surface area contributed by atoms with Crippen LogP contribution in [0.15, 0.2) is 58.3 Å². The second-order valence-corrected chi connectivity index (χ2v) is 10.5. The molecule has 0 saturated carbocycles. The lowest BCUT2D eigenvalue weighted by Crippen LogP contribution is -2.28. The summed E-state index contributed by atoms with van der Waals surface area (Å²) in [5.41, 5.74) is 1.72. The molecule has 1 aliphatic rings. The van der Waals surface area contributed by atoms with Gasteiger partial charge in [0.2, 0.25) is 11.8 Å². The van der Waals surface area contributed by atoms with Gasteiger partial charge in [-0.25, -0.2) is 8.42 Å². The van der Waals surface area contributed by atoms with E-state index in [1.54, 1.807) is 12.1 Å². The number of rotatable bonds is 9. The first-order chi connectivity index (χ1) is 14.4. The zero-order valence-electron chi connectivity index (χ0n) is 16.9. The number of thioether (sulfide) groups is 1. The average molecular weight is 447 g/mol. The standard InChI is InChI=1S/C22H26N2O4S2/c1-2-19-22(26)24-18-15-17(10-11-20(18)29-19)30(27,28)14-12-21(25)23-13-6-9-16-7-4-3-5-8-16/h3-5,7-8,10-11,15,19H,2,6,9,12-14H2,1H3,(H,23,25)(H,24,26)/t19-/m0/s1. The molecule has 2 amide bonds. The third-order valence-corrected chi connectivity index (χ3v) is 8.06. The van der Waals surface area contributed by atoms with Gasteiger partial charge in [0.05, 0.1) is 21.6 Å². The Morgan fingerprint density at radius 2 is 1.93 bits per heavy atom. The van der Waals surface area contributed by atoms with Crippen molar-refractivity contribution in [3.8, 4) is 0 Å². The first-order valence-corrected chi connectivity index (χ1v) is 12.6. The number of benzene rings is 2. The Morgan fingerprint density at radius 3 is 2.67 bits per heavy atom. The average Bonchev–Trinajstić information content (AvgIpc) is 2.75. The summed E-state index contributed by atoms with van der Waals surface area (Å²) in [6.45, 7) is 2.45. The number of hydrogen-bond donors (Lipinski definition) is 2. The van der Waals surface area contributed by atoms with Gasteiger partial charge < -0.3 is 10.6 Å². The molecule has 0 bridgehead atoms. The van der Waals surface area contributed by atoms with Gasteiger partial charge in [0.15, 0.2) is 9.84 Å². The number of carbonyl (C=O) groups excluding carboxylic acids is 2. The monoisotopic (exact) mass is 446 g/mol. The van der Waals surface area contributed by atoms with Crippen LogP contribution in [-0.4, -0.2) is 37.8 Å². The van der Waals surface area contributed by atoms with Gasteiger partial charge in [-0.15, -0.1) is 11.8 Å². The van der Waals surface area contributed by atoms with E-state index in [4.69, 9.17) is 0 Å². The first kappa shape index (κ1) is 22.4. The second-order valence-electron chi connectivity index (χ2n) is 7.17. The Balaban J connectivity index is 1.49. The molecule has 3 rings (SSSR count). The van der Waals surface area contributed by atoms with E-state index in [2.05, 4.69) is 10.6 Å². The highest BCUT2D eigenvalue weighted by Gasteiger charge is 2.27. The van der Waals surface area contributed by atoms with Crippen molar-refractivity contribution in [3.63, 3.8) is 0 Å². The number of aryl methyl sites for hydroxylation is 1. The van der Waals surface area contributed by atoms with E-state index >= 15 is 0 Å². The van der Waals surface area contributed by atoms with Crippen LogP contribution in [0.5, 0.6) is 0 Å². The molecule has 8 heteroatoms. The maximum Gasteiger partial charge on any atom is 0.237 e. The Bertz CT molecular complexity index is 1010. The molecule has 160 valence electrons. The van der Waals surface area contributed by atoms with Crippen molar-refractivity contribution >= 4 is 39.1 Å². The molecular formula is C22H26N2O4S2. The molecule has 0 aromatic heterocycles. The van der Waals surface area contributed by atoms with Gasteiger partial charge in [-0.05, 0) is 43.0 Å². The zero-order chi connectivity index (χ0) is 21.6. The Morgan fingerprint density at radius 1 is 1.17 bits per heavy atom. The van der Waals surface area contributed by atoms with Crippen molar-refractivity contribution < 1.29 is 18.0 Å². The lowest BCUT2D eigenvalue weighted by atomic mass is 10.1. The Kier molecular flexibility index (Phi) is 7.55. The highest BCUT2D eigenvalue weighted by atomic mass is 32.2. The number of anilines is 1. The van der Waals surface area contributed by atoms with Crippen LogP contribution in [0, 0.1) is 0 Å². The number of carbonyl (C=O) groups is 2. The van der Waals surface area contributed by atoms with Crippen molar-refractivity contribution in [2.75, 3.05) is 17.6 Å². The van der Waals surface area contributed by atoms with Gasteiger partial charge in [-0.2, -0.15) is 0 Å². The van der Waals surface area contributed by atoms with Gasteiger partial charge in [-0.3, -0.25) is 9.59 Å². The SMILES string of the molecule is CC[C@@H]1Sc2ccc(S(=O)(=O)CCC(=O)NCCCc3ccccc3)cc2NC1=O.